The number of guanidine groups is 1. The number of likely N-dealkylation sites (tertiary alicyclic amines) is 1. The van der Waals surface area contributed by atoms with E-state index in [-0.39, 0.29) is 35.5 Å². The van der Waals surface area contributed by atoms with Crippen LogP contribution in [0.25, 0.3) is 0 Å². The van der Waals surface area contributed by atoms with Crippen LogP contribution in [0, 0.1) is 25.0 Å². The average molecular weight is 615 g/mol. The van der Waals surface area contributed by atoms with E-state index >= 15 is 0 Å². The van der Waals surface area contributed by atoms with E-state index in [0.717, 1.165) is 16.4 Å². The van der Waals surface area contributed by atoms with E-state index in [1.165, 1.54) is 36.4 Å². The quantitative estimate of drug-likeness (QED) is 0.0964. The van der Waals surface area contributed by atoms with Crippen molar-refractivity contribution < 1.29 is 22.9 Å². The van der Waals surface area contributed by atoms with Gasteiger partial charge in [0.1, 0.15) is 6.04 Å². The third-order valence-corrected chi connectivity index (χ3v) is 7.82. The molecule has 1 aliphatic rings. The van der Waals surface area contributed by atoms with Gasteiger partial charge in [0, 0.05) is 34.7 Å². The Kier molecular flexibility index (Phi) is 9.02. The van der Waals surface area contributed by atoms with E-state index in [9.17, 15) is 23.3 Å². The fourth-order valence-electron chi connectivity index (χ4n) is 3.75. The summed E-state index contributed by atoms with van der Waals surface area (Å²) >= 11 is 2.06. The van der Waals surface area contributed by atoms with Gasteiger partial charge in [-0.15, -0.1) is 0 Å². The predicted molar refractivity (Wildman–Crippen MR) is 137 cm³/mol. The molecule has 3 rings (SSSR count). The standard InChI is InChI=1S/C22H26IN5O6S/c23-17-5-9-19(10-6-17)35(32,33)26-20(12-15-3-7-18(8-4-15)28(30)31)21(29)34-14-16-2-1-11-27(13-16)22(24)25/h3-10,16,20,26H,1-2,11-14H2,(H3,24,25)/t16-,20+/m0/s1. The minimum atomic E-state index is -4.04. The Labute approximate surface area is 216 Å². The molecule has 1 fully saturated rings. The van der Waals surface area contributed by atoms with Crippen LogP contribution in [0.5, 0.6) is 0 Å². The second-order valence-corrected chi connectivity index (χ2v) is 11.2. The summed E-state index contributed by atoms with van der Waals surface area (Å²) in [4.78, 5) is 25.1. The van der Waals surface area contributed by atoms with Gasteiger partial charge in [-0.05, 0) is 71.7 Å². The number of sulfonamides is 1. The average Bonchev–Trinajstić information content (AvgIpc) is 2.82. The smallest absolute Gasteiger partial charge is 0.324 e. The summed E-state index contributed by atoms with van der Waals surface area (Å²) in [6.07, 6.45) is 1.54. The van der Waals surface area contributed by atoms with Crippen LogP contribution in [-0.2, 0) is 26.0 Å². The zero-order chi connectivity index (χ0) is 25.6. The zero-order valence-electron chi connectivity index (χ0n) is 18.7. The van der Waals surface area contributed by atoms with E-state index in [4.69, 9.17) is 15.9 Å². The van der Waals surface area contributed by atoms with Crippen molar-refractivity contribution >= 4 is 50.2 Å². The number of nitro groups is 1. The van der Waals surface area contributed by atoms with Crippen molar-refractivity contribution in [1.82, 2.24) is 9.62 Å². The molecule has 2 aromatic carbocycles. The Balaban J connectivity index is 1.75. The first kappa shape index (κ1) is 26.8. The number of carbonyl (C=O) groups is 1. The highest BCUT2D eigenvalue weighted by Gasteiger charge is 2.29. The predicted octanol–water partition coefficient (Wildman–Crippen LogP) is 2.24. The van der Waals surface area contributed by atoms with Crippen molar-refractivity contribution in [3.8, 4) is 0 Å². The number of nitrogens with one attached hydrogen (secondary N) is 2. The highest BCUT2D eigenvalue weighted by atomic mass is 127. The summed E-state index contributed by atoms with van der Waals surface area (Å²) in [6, 6.07) is 10.5. The molecule has 35 heavy (non-hydrogen) atoms. The molecule has 2 atom stereocenters. The molecule has 0 saturated carbocycles. The van der Waals surface area contributed by atoms with E-state index < -0.39 is 27.0 Å². The number of halogens is 1. The van der Waals surface area contributed by atoms with Crippen LogP contribution < -0.4 is 10.5 Å². The molecular formula is C22H26IN5O6S. The van der Waals surface area contributed by atoms with Gasteiger partial charge in [0.2, 0.25) is 10.0 Å². The Hall–Kier alpha value is -2.78. The lowest BCUT2D eigenvalue weighted by atomic mass is 9.99. The Morgan fingerprint density at radius 2 is 1.91 bits per heavy atom. The summed E-state index contributed by atoms with van der Waals surface area (Å²) < 4.78 is 34.7. The number of nitro benzene ring substituents is 1. The van der Waals surface area contributed by atoms with E-state index in [0.29, 0.717) is 18.7 Å². The van der Waals surface area contributed by atoms with Crippen LogP contribution in [-0.4, -0.2) is 55.9 Å². The first-order chi connectivity index (χ1) is 16.5. The number of benzene rings is 2. The molecule has 0 unspecified atom stereocenters. The topological polar surface area (TPSA) is 169 Å². The third kappa shape index (κ3) is 7.60. The van der Waals surface area contributed by atoms with Crippen LogP contribution in [0.4, 0.5) is 5.69 Å². The van der Waals surface area contributed by atoms with Crippen molar-refractivity contribution in [3.05, 3.63) is 67.8 Å². The summed E-state index contributed by atoms with van der Waals surface area (Å²) in [7, 11) is -4.04. The summed E-state index contributed by atoms with van der Waals surface area (Å²) in [5.74, 6) is -0.829. The number of piperidine rings is 1. The molecule has 1 saturated heterocycles. The van der Waals surface area contributed by atoms with Gasteiger partial charge in [-0.3, -0.25) is 20.3 Å². The van der Waals surface area contributed by atoms with E-state index in [2.05, 4.69) is 27.3 Å². The lowest BCUT2D eigenvalue weighted by molar-refractivity contribution is -0.384. The minimum absolute atomic E-state index is 0.00351. The van der Waals surface area contributed by atoms with Gasteiger partial charge in [0.15, 0.2) is 5.96 Å². The highest BCUT2D eigenvalue weighted by molar-refractivity contribution is 14.1. The van der Waals surface area contributed by atoms with E-state index in [1.54, 1.807) is 17.0 Å². The fourth-order valence-corrected chi connectivity index (χ4v) is 5.30. The van der Waals surface area contributed by atoms with E-state index in [1.807, 2.05) is 0 Å². The van der Waals surface area contributed by atoms with Crippen molar-refractivity contribution in [2.75, 3.05) is 19.7 Å². The van der Waals surface area contributed by atoms with Crippen LogP contribution >= 0.6 is 22.6 Å². The van der Waals surface area contributed by atoms with Crippen molar-refractivity contribution in [2.45, 2.75) is 30.2 Å². The SMILES string of the molecule is N=C(N)N1CCC[C@H](COC(=O)[C@@H](Cc2ccc([N+](=O)[O-])cc2)NS(=O)(=O)c2ccc(I)cc2)C1. The zero-order valence-corrected chi connectivity index (χ0v) is 21.7. The first-order valence-electron chi connectivity index (χ1n) is 10.8. The maximum atomic E-state index is 13.0. The van der Waals surface area contributed by atoms with Crippen LogP contribution in [0.2, 0.25) is 0 Å². The van der Waals surface area contributed by atoms with Gasteiger partial charge in [0.05, 0.1) is 16.4 Å². The molecule has 0 aliphatic carbocycles. The van der Waals surface area contributed by atoms with Crippen molar-refractivity contribution in [2.24, 2.45) is 11.7 Å². The molecule has 4 N–H and O–H groups in total. The molecule has 0 radical (unpaired) electrons. The third-order valence-electron chi connectivity index (χ3n) is 5.61. The lowest BCUT2D eigenvalue weighted by Gasteiger charge is -2.32. The molecule has 13 heteroatoms. The molecule has 11 nitrogen and oxygen atoms in total. The summed E-state index contributed by atoms with van der Waals surface area (Å²) in [5, 5.41) is 18.5. The minimum Gasteiger partial charge on any atom is -0.464 e. The normalized spacial score (nSPS) is 16.9. The van der Waals surface area contributed by atoms with Crippen LogP contribution in [0.15, 0.2) is 53.4 Å². The molecule has 0 aromatic heterocycles. The molecular weight excluding hydrogens is 589 g/mol. The maximum Gasteiger partial charge on any atom is 0.324 e. The number of ether oxygens (including phenoxy) is 1. The fraction of sp³-hybridized carbons (Fsp3) is 0.364. The van der Waals surface area contributed by atoms with Gasteiger partial charge in [-0.25, -0.2) is 8.42 Å². The Morgan fingerprint density at radius 3 is 2.51 bits per heavy atom. The second kappa shape index (κ2) is 11.8. The number of hydrogen-bond donors (Lipinski definition) is 3. The van der Waals surface area contributed by atoms with Gasteiger partial charge >= 0.3 is 5.97 Å². The number of esters is 1. The first-order valence-corrected chi connectivity index (χ1v) is 13.4. The van der Waals surface area contributed by atoms with Gasteiger partial charge in [-0.1, -0.05) is 12.1 Å². The number of carbonyl (C=O) groups excluding carboxylic acids is 1. The van der Waals surface area contributed by atoms with Crippen molar-refractivity contribution in [3.63, 3.8) is 0 Å². The van der Waals surface area contributed by atoms with Gasteiger partial charge < -0.3 is 15.4 Å². The number of nitrogens with two attached hydrogens (primary N) is 1. The molecule has 1 aliphatic heterocycles. The molecule has 0 amide bonds. The Morgan fingerprint density at radius 1 is 1.26 bits per heavy atom. The van der Waals surface area contributed by atoms with Crippen molar-refractivity contribution in [1.29, 1.82) is 5.41 Å². The number of non-ortho nitro benzene ring substituents is 1. The second-order valence-electron chi connectivity index (χ2n) is 8.23. The molecule has 188 valence electrons. The van der Waals surface area contributed by atoms with Gasteiger partial charge in [-0.2, -0.15) is 4.72 Å². The number of hydrogen-bond acceptors (Lipinski definition) is 7. The largest absolute Gasteiger partial charge is 0.464 e. The number of rotatable bonds is 9. The number of nitrogens with zero attached hydrogens (tertiary/aromatic N) is 2. The molecule has 0 spiro atoms. The monoisotopic (exact) mass is 615 g/mol. The molecule has 2 aromatic rings. The van der Waals surface area contributed by atoms with Gasteiger partial charge in [0.25, 0.3) is 5.69 Å². The van der Waals surface area contributed by atoms with Crippen LogP contribution in [0.1, 0.15) is 18.4 Å². The summed E-state index contributed by atoms with van der Waals surface area (Å²) in [6.45, 7) is 1.20. The summed E-state index contributed by atoms with van der Waals surface area (Å²) in [5.41, 5.74) is 5.98. The lowest BCUT2D eigenvalue weighted by Crippen LogP contribution is -2.46. The molecule has 1 heterocycles. The molecule has 0 bridgehead atoms. The maximum absolute atomic E-state index is 13.0. The highest BCUT2D eigenvalue weighted by Crippen LogP contribution is 2.19. The van der Waals surface area contributed by atoms with Crippen LogP contribution in [0.3, 0.4) is 0 Å². The Bertz CT molecular complexity index is 1170.